The molecule has 3 heterocycles. The van der Waals surface area contributed by atoms with Crippen LogP contribution in [-0.2, 0) is 17.7 Å². The lowest BCUT2D eigenvalue weighted by atomic mass is 10.0. The molecule has 4 rings (SSSR count). The summed E-state index contributed by atoms with van der Waals surface area (Å²) in [6.45, 7) is 1.67. The summed E-state index contributed by atoms with van der Waals surface area (Å²) in [5.74, 6) is -0.940. The van der Waals surface area contributed by atoms with Crippen LogP contribution in [0.5, 0.6) is 0 Å². The zero-order valence-corrected chi connectivity index (χ0v) is 15.8. The molecule has 1 atom stereocenters. The first-order chi connectivity index (χ1) is 13.1. The number of nitrogens with zero attached hydrogens (tertiary/aromatic N) is 1. The molecule has 142 valence electrons. The second kappa shape index (κ2) is 7.70. The third-order valence-electron chi connectivity index (χ3n) is 5.05. The molecule has 1 amide bonds. The van der Waals surface area contributed by atoms with Crippen LogP contribution in [-0.4, -0.2) is 41.3 Å². The van der Waals surface area contributed by atoms with Gasteiger partial charge in [-0.3, -0.25) is 4.79 Å². The van der Waals surface area contributed by atoms with Crippen molar-refractivity contribution >= 4 is 28.2 Å². The van der Waals surface area contributed by atoms with Crippen LogP contribution in [0.4, 0.5) is 5.00 Å². The van der Waals surface area contributed by atoms with E-state index in [2.05, 4.69) is 5.32 Å². The third-order valence-corrected chi connectivity index (χ3v) is 6.20. The number of hydrogen-bond donors (Lipinski definition) is 2. The molecule has 27 heavy (non-hydrogen) atoms. The minimum Gasteiger partial charge on any atom is -0.478 e. The minimum atomic E-state index is -0.923. The normalized spacial score (nSPS) is 19.4. The average Bonchev–Trinajstić information content (AvgIpc) is 3.06. The minimum absolute atomic E-state index is 0.0170. The standard InChI is InChI=1S/C20H22N2O4S/c23-19(13-6-2-1-3-7-13)22-10-9-14-15(12-22)27-18(17(14)20(24)25)21-16-8-4-5-11-26-16/h1-3,6-7,16,21H,4-5,8-12H2,(H,24,25). The molecule has 1 aromatic carbocycles. The fourth-order valence-electron chi connectivity index (χ4n) is 3.67. The summed E-state index contributed by atoms with van der Waals surface area (Å²) in [5, 5.41) is 13.7. The molecule has 1 aromatic heterocycles. The number of benzene rings is 1. The van der Waals surface area contributed by atoms with E-state index in [1.54, 1.807) is 4.90 Å². The van der Waals surface area contributed by atoms with E-state index in [4.69, 9.17) is 4.74 Å². The Morgan fingerprint density at radius 2 is 2.04 bits per heavy atom. The Bertz CT molecular complexity index is 843. The maximum Gasteiger partial charge on any atom is 0.338 e. The van der Waals surface area contributed by atoms with Gasteiger partial charge >= 0.3 is 5.97 Å². The number of fused-ring (bicyclic) bond motifs is 1. The maximum atomic E-state index is 12.7. The van der Waals surface area contributed by atoms with Gasteiger partial charge in [-0.2, -0.15) is 0 Å². The molecule has 1 unspecified atom stereocenters. The summed E-state index contributed by atoms with van der Waals surface area (Å²) in [6, 6.07) is 9.20. The Morgan fingerprint density at radius 1 is 1.22 bits per heavy atom. The van der Waals surface area contributed by atoms with E-state index in [9.17, 15) is 14.7 Å². The Labute approximate surface area is 161 Å². The second-order valence-electron chi connectivity index (χ2n) is 6.86. The number of anilines is 1. The molecule has 0 saturated carbocycles. The lowest BCUT2D eigenvalue weighted by Gasteiger charge is -2.27. The Kier molecular flexibility index (Phi) is 5.13. The van der Waals surface area contributed by atoms with Crippen molar-refractivity contribution in [3.05, 3.63) is 51.9 Å². The number of carbonyl (C=O) groups is 2. The molecule has 6 nitrogen and oxygen atoms in total. The number of carbonyl (C=O) groups excluding carboxylic acids is 1. The molecule has 0 spiro atoms. The van der Waals surface area contributed by atoms with E-state index in [0.29, 0.717) is 42.2 Å². The van der Waals surface area contributed by atoms with E-state index in [1.807, 2.05) is 30.3 Å². The van der Waals surface area contributed by atoms with Crippen molar-refractivity contribution in [2.24, 2.45) is 0 Å². The van der Waals surface area contributed by atoms with Gasteiger partial charge in [-0.1, -0.05) is 18.2 Å². The summed E-state index contributed by atoms with van der Waals surface area (Å²) in [7, 11) is 0. The predicted molar refractivity (Wildman–Crippen MR) is 103 cm³/mol. The lowest BCUT2D eigenvalue weighted by molar-refractivity contribution is 0.0344. The first-order valence-electron chi connectivity index (χ1n) is 9.24. The van der Waals surface area contributed by atoms with E-state index in [0.717, 1.165) is 29.7 Å². The summed E-state index contributed by atoms with van der Waals surface area (Å²) < 4.78 is 5.70. The average molecular weight is 386 g/mol. The Morgan fingerprint density at radius 3 is 2.74 bits per heavy atom. The molecule has 0 radical (unpaired) electrons. The van der Waals surface area contributed by atoms with Gasteiger partial charge in [-0.05, 0) is 43.4 Å². The lowest BCUT2D eigenvalue weighted by Crippen LogP contribution is -2.35. The zero-order valence-electron chi connectivity index (χ0n) is 14.9. The SMILES string of the molecule is O=C(O)c1c(NC2CCCCO2)sc2c1CCN(C(=O)c1ccccc1)C2. The molecule has 7 heteroatoms. The summed E-state index contributed by atoms with van der Waals surface area (Å²) in [4.78, 5) is 27.3. The van der Waals surface area contributed by atoms with Gasteiger partial charge in [0.15, 0.2) is 0 Å². The number of thiophene rings is 1. The molecular weight excluding hydrogens is 364 g/mol. The van der Waals surface area contributed by atoms with Crippen LogP contribution in [0, 0.1) is 0 Å². The topological polar surface area (TPSA) is 78.9 Å². The second-order valence-corrected chi connectivity index (χ2v) is 7.96. The number of aromatic carboxylic acids is 1. The fraction of sp³-hybridized carbons (Fsp3) is 0.400. The quantitative estimate of drug-likeness (QED) is 0.840. The van der Waals surface area contributed by atoms with Crippen molar-refractivity contribution in [2.45, 2.75) is 38.5 Å². The molecule has 2 aliphatic rings. The molecular formula is C20H22N2O4S. The van der Waals surface area contributed by atoms with Crippen LogP contribution >= 0.6 is 11.3 Å². The van der Waals surface area contributed by atoms with Crippen LogP contribution in [0.2, 0.25) is 0 Å². The van der Waals surface area contributed by atoms with E-state index >= 15 is 0 Å². The number of carboxylic acids is 1. The van der Waals surface area contributed by atoms with E-state index in [1.165, 1.54) is 11.3 Å². The largest absolute Gasteiger partial charge is 0.478 e. The van der Waals surface area contributed by atoms with Gasteiger partial charge < -0.3 is 20.1 Å². The third kappa shape index (κ3) is 3.70. The van der Waals surface area contributed by atoms with Crippen molar-refractivity contribution in [2.75, 3.05) is 18.5 Å². The van der Waals surface area contributed by atoms with Crippen LogP contribution in [0.3, 0.4) is 0 Å². The molecule has 2 aliphatic heterocycles. The molecule has 2 N–H and O–H groups in total. The first kappa shape index (κ1) is 18.0. The number of hydrogen-bond acceptors (Lipinski definition) is 5. The number of amides is 1. The van der Waals surface area contributed by atoms with Gasteiger partial charge in [-0.25, -0.2) is 4.79 Å². The summed E-state index contributed by atoms with van der Waals surface area (Å²) in [5.41, 5.74) is 1.85. The van der Waals surface area contributed by atoms with Crippen LogP contribution < -0.4 is 5.32 Å². The number of nitrogens with one attached hydrogen (secondary N) is 1. The highest BCUT2D eigenvalue weighted by molar-refractivity contribution is 7.16. The predicted octanol–water partition coefficient (Wildman–Crippen LogP) is 3.58. The Hall–Kier alpha value is -2.38. The van der Waals surface area contributed by atoms with Crippen molar-refractivity contribution < 1.29 is 19.4 Å². The molecule has 0 aliphatic carbocycles. The van der Waals surface area contributed by atoms with Gasteiger partial charge in [0.05, 0.1) is 12.1 Å². The van der Waals surface area contributed by atoms with Gasteiger partial charge in [0, 0.05) is 23.6 Å². The smallest absolute Gasteiger partial charge is 0.338 e. The van der Waals surface area contributed by atoms with Crippen LogP contribution in [0.1, 0.15) is 50.4 Å². The fourth-order valence-corrected chi connectivity index (χ4v) is 4.97. The van der Waals surface area contributed by atoms with Crippen molar-refractivity contribution in [1.29, 1.82) is 0 Å². The van der Waals surface area contributed by atoms with Gasteiger partial charge in [0.25, 0.3) is 5.91 Å². The molecule has 0 bridgehead atoms. The molecule has 1 fully saturated rings. The van der Waals surface area contributed by atoms with Gasteiger partial charge in [-0.15, -0.1) is 11.3 Å². The van der Waals surface area contributed by atoms with Crippen LogP contribution in [0.15, 0.2) is 30.3 Å². The highest BCUT2D eigenvalue weighted by atomic mass is 32.1. The van der Waals surface area contributed by atoms with Gasteiger partial charge in [0.1, 0.15) is 11.2 Å². The maximum absolute atomic E-state index is 12.7. The monoisotopic (exact) mass is 386 g/mol. The van der Waals surface area contributed by atoms with Crippen LogP contribution in [0.25, 0.3) is 0 Å². The highest BCUT2D eigenvalue weighted by Gasteiger charge is 2.31. The summed E-state index contributed by atoms with van der Waals surface area (Å²) in [6.07, 6.45) is 3.41. The molecule has 2 aromatic rings. The Balaban J connectivity index is 1.57. The van der Waals surface area contributed by atoms with Crippen molar-refractivity contribution in [3.8, 4) is 0 Å². The zero-order chi connectivity index (χ0) is 18.8. The van der Waals surface area contributed by atoms with Crippen molar-refractivity contribution in [3.63, 3.8) is 0 Å². The van der Waals surface area contributed by atoms with E-state index in [-0.39, 0.29) is 12.1 Å². The summed E-state index contributed by atoms with van der Waals surface area (Å²) >= 11 is 1.43. The number of ether oxygens (including phenoxy) is 1. The first-order valence-corrected chi connectivity index (χ1v) is 10.1. The van der Waals surface area contributed by atoms with Crippen molar-refractivity contribution in [1.82, 2.24) is 4.90 Å². The highest BCUT2D eigenvalue weighted by Crippen LogP contribution is 2.38. The molecule has 1 saturated heterocycles. The number of carboxylic acid groups (broad SMARTS) is 1. The number of rotatable bonds is 4. The van der Waals surface area contributed by atoms with E-state index < -0.39 is 5.97 Å². The van der Waals surface area contributed by atoms with Gasteiger partial charge in [0.2, 0.25) is 0 Å².